The van der Waals surface area contributed by atoms with E-state index in [0.717, 1.165) is 35.2 Å². The Hall–Kier alpha value is -1.89. The summed E-state index contributed by atoms with van der Waals surface area (Å²) in [4.78, 5) is 17.2. The summed E-state index contributed by atoms with van der Waals surface area (Å²) in [5, 5.41) is 3.11. The van der Waals surface area contributed by atoms with Gasteiger partial charge in [-0.2, -0.15) is 0 Å². The number of fused-ring (bicyclic) bond motifs is 1. The average Bonchev–Trinajstić information content (AvgIpc) is 2.96. The van der Waals surface area contributed by atoms with Crippen LogP contribution in [0.5, 0.6) is 0 Å². The first-order valence-corrected chi connectivity index (χ1v) is 13.2. The highest BCUT2D eigenvalue weighted by Gasteiger charge is 2.50. The van der Waals surface area contributed by atoms with E-state index in [1.54, 1.807) is 4.57 Å². The van der Waals surface area contributed by atoms with Gasteiger partial charge in [0, 0.05) is 12.8 Å². The highest BCUT2D eigenvalue weighted by molar-refractivity contribution is 7.89. The Morgan fingerprint density at radius 1 is 1.13 bits per heavy atom. The lowest BCUT2D eigenvalue weighted by Crippen LogP contribution is -2.47. The highest BCUT2D eigenvalue weighted by atomic mass is 32.2. The molecule has 4 aliphatic rings. The van der Waals surface area contributed by atoms with Crippen molar-refractivity contribution in [2.75, 3.05) is 12.8 Å². The van der Waals surface area contributed by atoms with Crippen molar-refractivity contribution in [3.63, 3.8) is 0 Å². The molecule has 0 saturated heterocycles. The Kier molecular flexibility index (Phi) is 4.92. The molecule has 0 radical (unpaired) electrons. The van der Waals surface area contributed by atoms with E-state index in [1.807, 2.05) is 24.3 Å². The Morgan fingerprint density at radius 2 is 1.77 bits per heavy atom. The quantitative estimate of drug-likeness (QED) is 0.732. The molecule has 4 aliphatic carbocycles. The number of nitrogens with zero attached hydrogens (tertiary/aromatic N) is 2. The number of benzene rings is 1. The minimum atomic E-state index is -3.24. The molecule has 1 aromatic heterocycles. The van der Waals surface area contributed by atoms with Crippen molar-refractivity contribution >= 4 is 26.8 Å². The van der Waals surface area contributed by atoms with Crippen molar-refractivity contribution in [3.8, 4) is 0 Å². The van der Waals surface area contributed by atoms with Gasteiger partial charge in [0.05, 0.1) is 11.0 Å². The number of para-hydroxylation sites is 2. The van der Waals surface area contributed by atoms with Crippen LogP contribution in [-0.4, -0.2) is 36.7 Å². The van der Waals surface area contributed by atoms with Gasteiger partial charge in [-0.1, -0.05) is 12.1 Å². The molecule has 4 saturated carbocycles. The molecule has 0 spiro atoms. The molecule has 162 valence electrons. The van der Waals surface area contributed by atoms with Crippen molar-refractivity contribution in [2.24, 2.45) is 23.2 Å². The van der Waals surface area contributed by atoms with Gasteiger partial charge in [-0.15, -0.1) is 0 Å². The van der Waals surface area contributed by atoms with Gasteiger partial charge in [-0.3, -0.25) is 4.79 Å². The third-order valence-electron chi connectivity index (χ3n) is 7.57. The zero-order chi connectivity index (χ0) is 20.9. The van der Waals surface area contributed by atoms with Crippen molar-refractivity contribution in [2.45, 2.75) is 57.2 Å². The molecule has 30 heavy (non-hydrogen) atoms. The fraction of sp³-hybridized carbons (Fsp3) is 0.652. The standard InChI is InChI=1S/C23H31N3O3S/c1-30(28,29)15-21-25-19-4-2-3-5-20(19)26(21)14-22(27)24-7-6-23-11-16-8-17(12-23)10-18(9-16)13-23/h2-5,16-18H,6-15H2,1H3,(H,24,27). The van der Waals surface area contributed by atoms with Crippen molar-refractivity contribution in [1.82, 2.24) is 14.9 Å². The molecule has 1 heterocycles. The minimum absolute atomic E-state index is 0.0716. The van der Waals surface area contributed by atoms with Crippen LogP contribution in [0.2, 0.25) is 0 Å². The second kappa shape index (κ2) is 7.36. The average molecular weight is 430 g/mol. The summed E-state index contributed by atoms with van der Waals surface area (Å²) in [5.74, 6) is 2.95. The zero-order valence-corrected chi connectivity index (χ0v) is 18.5. The normalized spacial score (nSPS) is 30.1. The molecule has 1 N–H and O–H groups in total. The van der Waals surface area contributed by atoms with Crippen LogP contribution in [-0.2, 0) is 26.9 Å². The van der Waals surface area contributed by atoms with Crippen LogP contribution in [0.1, 0.15) is 50.8 Å². The molecule has 2 aromatic rings. The van der Waals surface area contributed by atoms with Crippen molar-refractivity contribution in [1.29, 1.82) is 0 Å². The molecule has 0 unspecified atom stereocenters. The van der Waals surface area contributed by atoms with Crippen LogP contribution in [0.4, 0.5) is 0 Å². The molecular weight excluding hydrogens is 398 g/mol. The second-order valence-electron chi connectivity index (χ2n) is 10.2. The van der Waals surface area contributed by atoms with Crippen LogP contribution in [0.15, 0.2) is 24.3 Å². The number of aromatic nitrogens is 2. The van der Waals surface area contributed by atoms with E-state index in [-0.39, 0.29) is 18.2 Å². The van der Waals surface area contributed by atoms with E-state index < -0.39 is 9.84 Å². The Balaban J connectivity index is 1.25. The van der Waals surface area contributed by atoms with Crippen molar-refractivity contribution in [3.05, 3.63) is 30.1 Å². The predicted molar refractivity (Wildman–Crippen MR) is 117 cm³/mol. The van der Waals surface area contributed by atoms with Gasteiger partial charge in [-0.05, 0) is 80.2 Å². The largest absolute Gasteiger partial charge is 0.355 e. The third-order valence-corrected chi connectivity index (χ3v) is 8.35. The van der Waals surface area contributed by atoms with Crippen LogP contribution in [0.25, 0.3) is 11.0 Å². The van der Waals surface area contributed by atoms with Gasteiger partial charge >= 0.3 is 0 Å². The molecule has 0 atom stereocenters. The van der Waals surface area contributed by atoms with E-state index in [1.165, 1.54) is 44.8 Å². The Labute approximate surface area is 178 Å². The number of carbonyl (C=O) groups excluding carboxylic acids is 1. The number of hydrogen-bond donors (Lipinski definition) is 1. The molecular formula is C23H31N3O3S. The van der Waals surface area contributed by atoms with Crippen LogP contribution in [0.3, 0.4) is 0 Å². The van der Waals surface area contributed by atoms with Gasteiger partial charge in [0.1, 0.15) is 18.1 Å². The number of nitrogens with one attached hydrogen (secondary N) is 1. The minimum Gasteiger partial charge on any atom is -0.355 e. The lowest BCUT2D eigenvalue weighted by atomic mass is 9.49. The summed E-state index contributed by atoms with van der Waals surface area (Å²) in [6.07, 6.45) is 10.6. The molecule has 6 nitrogen and oxygen atoms in total. The van der Waals surface area contributed by atoms with Gasteiger partial charge in [-0.25, -0.2) is 13.4 Å². The summed E-state index contributed by atoms with van der Waals surface area (Å²) in [6.45, 7) is 0.811. The summed E-state index contributed by atoms with van der Waals surface area (Å²) in [6, 6.07) is 7.49. The summed E-state index contributed by atoms with van der Waals surface area (Å²) < 4.78 is 25.4. The number of amides is 1. The predicted octanol–water partition coefficient (Wildman–Crippen LogP) is 3.30. The van der Waals surface area contributed by atoms with Gasteiger partial charge in [0.15, 0.2) is 9.84 Å². The number of rotatable bonds is 7. The molecule has 1 aromatic carbocycles. The highest BCUT2D eigenvalue weighted by Crippen LogP contribution is 2.61. The molecule has 0 aliphatic heterocycles. The van der Waals surface area contributed by atoms with Gasteiger partial charge in [0.2, 0.25) is 5.91 Å². The van der Waals surface area contributed by atoms with Crippen molar-refractivity contribution < 1.29 is 13.2 Å². The first-order valence-electron chi connectivity index (χ1n) is 11.2. The van der Waals surface area contributed by atoms with Gasteiger partial charge < -0.3 is 9.88 Å². The monoisotopic (exact) mass is 429 g/mol. The smallest absolute Gasteiger partial charge is 0.240 e. The van der Waals surface area contributed by atoms with E-state index in [9.17, 15) is 13.2 Å². The molecule has 7 heteroatoms. The number of sulfone groups is 1. The Bertz CT molecular complexity index is 1040. The molecule has 6 rings (SSSR count). The van der Waals surface area contributed by atoms with Gasteiger partial charge in [0.25, 0.3) is 0 Å². The number of imidazole rings is 1. The zero-order valence-electron chi connectivity index (χ0n) is 17.6. The SMILES string of the molecule is CS(=O)(=O)Cc1nc2ccccc2n1CC(=O)NCCC12CC3CC(CC(C3)C1)C2. The summed E-state index contributed by atoms with van der Waals surface area (Å²) in [7, 11) is -3.24. The van der Waals surface area contributed by atoms with E-state index in [0.29, 0.717) is 17.8 Å². The summed E-state index contributed by atoms with van der Waals surface area (Å²) in [5.41, 5.74) is 1.97. The maximum absolute atomic E-state index is 12.7. The fourth-order valence-electron chi connectivity index (χ4n) is 6.91. The fourth-order valence-corrected chi connectivity index (χ4v) is 7.60. The maximum atomic E-state index is 12.7. The summed E-state index contributed by atoms with van der Waals surface area (Å²) >= 11 is 0. The lowest BCUT2D eigenvalue weighted by molar-refractivity contribution is -0.122. The number of hydrogen-bond acceptors (Lipinski definition) is 4. The van der Waals surface area contributed by atoms with E-state index >= 15 is 0 Å². The van der Waals surface area contributed by atoms with Crippen LogP contribution < -0.4 is 5.32 Å². The lowest BCUT2D eigenvalue weighted by Gasteiger charge is -2.57. The van der Waals surface area contributed by atoms with E-state index in [2.05, 4.69) is 10.3 Å². The molecule has 4 bridgehead atoms. The number of carbonyl (C=O) groups is 1. The molecule has 4 fully saturated rings. The second-order valence-corrected chi connectivity index (χ2v) is 12.3. The first kappa shape index (κ1) is 20.0. The van der Waals surface area contributed by atoms with Crippen LogP contribution >= 0.6 is 0 Å². The Morgan fingerprint density at radius 3 is 2.40 bits per heavy atom. The first-order chi connectivity index (χ1) is 14.3. The topological polar surface area (TPSA) is 81.1 Å². The third kappa shape index (κ3) is 4.01. The van der Waals surface area contributed by atoms with Crippen LogP contribution in [0, 0.1) is 23.2 Å². The van der Waals surface area contributed by atoms with E-state index in [4.69, 9.17) is 0 Å². The molecule has 1 amide bonds. The maximum Gasteiger partial charge on any atom is 0.240 e.